The lowest BCUT2D eigenvalue weighted by Gasteiger charge is -2.26. The molecule has 1 aliphatic carbocycles. The Morgan fingerprint density at radius 1 is 1.40 bits per heavy atom. The van der Waals surface area contributed by atoms with Gasteiger partial charge in [-0.3, -0.25) is 4.79 Å². The van der Waals surface area contributed by atoms with Crippen LogP contribution in [0.15, 0.2) is 12.1 Å². The first kappa shape index (κ1) is 14.8. The highest BCUT2D eigenvalue weighted by molar-refractivity contribution is 5.95. The van der Waals surface area contributed by atoms with E-state index in [0.717, 1.165) is 5.69 Å². The van der Waals surface area contributed by atoms with Crippen molar-refractivity contribution < 1.29 is 4.79 Å². The number of rotatable bonds is 5. The van der Waals surface area contributed by atoms with Gasteiger partial charge in [-0.25, -0.2) is 10.8 Å². The first-order valence-corrected chi connectivity index (χ1v) is 7.14. The van der Waals surface area contributed by atoms with Crippen molar-refractivity contribution in [3.63, 3.8) is 0 Å². The van der Waals surface area contributed by atoms with Crippen LogP contribution in [0.3, 0.4) is 0 Å². The topological polar surface area (TPSA) is 80.0 Å². The Hall–Kier alpha value is -1.62. The minimum Gasteiger partial charge on any atom is -0.347 e. The fourth-order valence-electron chi connectivity index (χ4n) is 2.32. The van der Waals surface area contributed by atoms with Crippen LogP contribution in [0, 0.1) is 5.92 Å². The molecule has 20 heavy (non-hydrogen) atoms. The van der Waals surface area contributed by atoms with Gasteiger partial charge in [0.25, 0.3) is 5.91 Å². The van der Waals surface area contributed by atoms with Crippen molar-refractivity contribution in [1.82, 2.24) is 10.3 Å². The summed E-state index contributed by atoms with van der Waals surface area (Å²) in [6.07, 6.45) is 2.38. The van der Waals surface area contributed by atoms with Crippen LogP contribution in [-0.2, 0) is 0 Å². The van der Waals surface area contributed by atoms with Gasteiger partial charge in [0.2, 0.25) is 0 Å². The minimum atomic E-state index is -0.158. The maximum Gasteiger partial charge on any atom is 0.251 e. The smallest absolute Gasteiger partial charge is 0.251 e. The zero-order valence-electron chi connectivity index (χ0n) is 12.7. The van der Waals surface area contributed by atoms with Crippen LogP contribution >= 0.6 is 0 Å². The second kappa shape index (κ2) is 5.40. The first-order chi connectivity index (χ1) is 9.33. The number of carbonyl (C=O) groups is 1. The van der Waals surface area contributed by atoms with Gasteiger partial charge in [0, 0.05) is 16.8 Å². The van der Waals surface area contributed by atoms with Crippen LogP contribution in [0.5, 0.6) is 0 Å². The van der Waals surface area contributed by atoms with Crippen molar-refractivity contribution in [3.8, 4) is 0 Å². The highest BCUT2D eigenvalue weighted by Gasteiger charge is 2.38. The normalized spacial score (nSPS) is 15.3. The number of nitrogen functional groups attached to an aromatic ring is 1. The number of amides is 1. The van der Waals surface area contributed by atoms with Gasteiger partial charge in [-0.15, -0.1) is 0 Å². The average Bonchev–Trinajstić information content (AvgIpc) is 3.22. The van der Waals surface area contributed by atoms with E-state index in [-0.39, 0.29) is 17.4 Å². The third-order valence-electron chi connectivity index (χ3n) is 3.88. The zero-order chi connectivity index (χ0) is 14.9. The van der Waals surface area contributed by atoms with Crippen molar-refractivity contribution in [2.45, 2.75) is 52.0 Å². The molecule has 1 aliphatic rings. The highest BCUT2D eigenvalue weighted by Crippen LogP contribution is 2.39. The van der Waals surface area contributed by atoms with E-state index in [2.05, 4.69) is 29.6 Å². The molecule has 0 atom stereocenters. The molecule has 4 N–H and O–H groups in total. The van der Waals surface area contributed by atoms with E-state index in [0.29, 0.717) is 17.3 Å². The Balaban J connectivity index is 2.22. The second-order valence-electron chi connectivity index (χ2n) is 6.42. The molecule has 1 saturated carbocycles. The van der Waals surface area contributed by atoms with Crippen LogP contribution in [-0.4, -0.2) is 16.4 Å². The molecule has 0 bridgehead atoms. The highest BCUT2D eigenvalue weighted by atomic mass is 16.1. The summed E-state index contributed by atoms with van der Waals surface area (Å²) in [5.74, 6) is 6.71. The number of nitrogens with one attached hydrogen (secondary N) is 2. The summed E-state index contributed by atoms with van der Waals surface area (Å²) >= 11 is 0. The SMILES string of the molecule is CC(C)c1cc(C(=O)NC(C)(C)C2CC2)cc(NN)n1. The lowest BCUT2D eigenvalue weighted by Crippen LogP contribution is -2.45. The molecule has 0 saturated heterocycles. The minimum absolute atomic E-state index is 0.0669. The maximum absolute atomic E-state index is 12.4. The number of anilines is 1. The van der Waals surface area contributed by atoms with Crippen LogP contribution in [0.1, 0.15) is 62.5 Å². The van der Waals surface area contributed by atoms with Crippen molar-refractivity contribution in [3.05, 3.63) is 23.4 Å². The number of hydrogen-bond acceptors (Lipinski definition) is 4. The van der Waals surface area contributed by atoms with Gasteiger partial charge < -0.3 is 10.7 Å². The monoisotopic (exact) mass is 276 g/mol. The first-order valence-electron chi connectivity index (χ1n) is 7.14. The molecule has 1 heterocycles. The van der Waals surface area contributed by atoms with Crippen LogP contribution in [0.2, 0.25) is 0 Å². The molecule has 2 rings (SSSR count). The van der Waals surface area contributed by atoms with Gasteiger partial charge in [0.05, 0.1) is 0 Å². The lowest BCUT2D eigenvalue weighted by molar-refractivity contribution is 0.0903. The standard InChI is InChI=1S/C15H24N4O/c1-9(2)12-7-10(8-13(17-12)19-16)14(20)18-15(3,4)11-5-6-11/h7-9,11H,5-6,16H2,1-4H3,(H,17,19)(H,18,20). The quantitative estimate of drug-likeness (QED) is 0.570. The Bertz CT molecular complexity index is 507. The second-order valence-corrected chi connectivity index (χ2v) is 6.42. The van der Waals surface area contributed by atoms with Gasteiger partial charge in [-0.2, -0.15) is 0 Å². The molecule has 5 heteroatoms. The summed E-state index contributed by atoms with van der Waals surface area (Å²) in [5, 5.41) is 3.12. The van der Waals surface area contributed by atoms with Gasteiger partial charge in [-0.05, 0) is 50.7 Å². The largest absolute Gasteiger partial charge is 0.347 e. The summed E-state index contributed by atoms with van der Waals surface area (Å²) in [4.78, 5) is 16.8. The third-order valence-corrected chi connectivity index (χ3v) is 3.88. The Labute approximate surface area is 120 Å². The molecule has 1 fully saturated rings. The average molecular weight is 276 g/mol. The van der Waals surface area contributed by atoms with Crippen LogP contribution in [0.25, 0.3) is 0 Å². The van der Waals surface area contributed by atoms with Gasteiger partial charge in [-0.1, -0.05) is 13.8 Å². The molecular weight excluding hydrogens is 252 g/mol. The zero-order valence-corrected chi connectivity index (χ0v) is 12.7. The number of nitrogens with two attached hydrogens (primary N) is 1. The van der Waals surface area contributed by atoms with Crippen molar-refractivity contribution in [2.24, 2.45) is 11.8 Å². The predicted octanol–water partition coefficient (Wildman–Crippen LogP) is 2.41. The molecule has 1 amide bonds. The van der Waals surface area contributed by atoms with Gasteiger partial charge >= 0.3 is 0 Å². The fourth-order valence-corrected chi connectivity index (χ4v) is 2.32. The summed E-state index contributed by atoms with van der Waals surface area (Å²) in [6, 6.07) is 3.52. The summed E-state index contributed by atoms with van der Waals surface area (Å²) in [7, 11) is 0. The molecule has 5 nitrogen and oxygen atoms in total. The molecular formula is C15H24N4O. The van der Waals surface area contributed by atoms with Crippen LogP contribution < -0.4 is 16.6 Å². The number of hydrogen-bond donors (Lipinski definition) is 3. The summed E-state index contributed by atoms with van der Waals surface area (Å²) in [6.45, 7) is 8.24. The van der Waals surface area contributed by atoms with E-state index < -0.39 is 0 Å². The number of carbonyl (C=O) groups excluding carboxylic acids is 1. The van der Waals surface area contributed by atoms with E-state index in [9.17, 15) is 4.79 Å². The van der Waals surface area contributed by atoms with E-state index in [1.807, 2.05) is 19.9 Å². The van der Waals surface area contributed by atoms with E-state index >= 15 is 0 Å². The number of aromatic nitrogens is 1. The fraction of sp³-hybridized carbons (Fsp3) is 0.600. The summed E-state index contributed by atoms with van der Waals surface area (Å²) < 4.78 is 0. The van der Waals surface area contributed by atoms with Crippen molar-refractivity contribution in [1.29, 1.82) is 0 Å². The van der Waals surface area contributed by atoms with E-state index in [1.54, 1.807) is 6.07 Å². The van der Waals surface area contributed by atoms with E-state index in [4.69, 9.17) is 5.84 Å². The Morgan fingerprint density at radius 3 is 2.55 bits per heavy atom. The molecule has 0 radical (unpaired) electrons. The molecule has 1 aromatic rings. The predicted molar refractivity (Wildman–Crippen MR) is 80.4 cm³/mol. The Morgan fingerprint density at radius 2 is 2.05 bits per heavy atom. The third kappa shape index (κ3) is 3.28. The number of pyridine rings is 1. The molecule has 0 unspecified atom stereocenters. The van der Waals surface area contributed by atoms with Crippen LogP contribution in [0.4, 0.5) is 5.82 Å². The molecule has 0 aromatic carbocycles. The van der Waals surface area contributed by atoms with E-state index in [1.165, 1.54) is 12.8 Å². The number of nitrogens with zero attached hydrogens (tertiary/aromatic N) is 1. The Kier molecular flexibility index (Phi) is 3.99. The van der Waals surface area contributed by atoms with Gasteiger partial charge in [0.15, 0.2) is 0 Å². The van der Waals surface area contributed by atoms with Crippen molar-refractivity contribution in [2.75, 3.05) is 5.43 Å². The molecule has 0 spiro atoms. The number of hydrazine groups is 1. The molecule has 0 aliphatic heterocycles. The maximum atomic E-state index is 12.4. The van der Waals surface area contributed by atoms with Crippen molar-refractivity contribution >= 4 is 11.7 Å². The summed E-state index contributed by atoms with van der Waals surface area (Å²) in [5.41, 5.74) is 3.82. The molecule has 110 valence electrons. The molecule has 1 aromatic heterocycles. The van der Waals surface area contributed by atoms with Gasteiger partial charge in [0.1, 0.15) is 5.82 Å². The lowest BCUT2D eigenvalue weighted by atomic mass is 9.98.